The van der Waals surface area contributed by atoms with Crippen molar-refractivity contribution in [2.24, 2.45) is 0 Å². The molecule has 0 aliphatic rings. The Morgan fingerprint density at radius 2 is 2.11 bits per heavy atom. The quantitative estimate of drug-likeness (QED) is 0.844. The number of sulfonamides is 1. The maximum Gasteiger partial charge on any atom is 0.241 e. The number of benzene rings is 1. The maximum atomic E-state index is 12.1. The Morgan fingerprint density at radius 3 is 2.89 bits per heavy atom. The first-order valence-electron chi connectivity index (χ1n) is 5.35. The van der Waals surface area contributed by atoms with Crippen molar-refractivity contribution in [1.82, 2.24) is 9.71 Å². The van der Waals surface area contributed by atoms with Crippen LogP contribution in [0.25, 0.3) is 10.9 Å². The van der Waals surface area contributed by atoms with Gasteiger partial charge < -0.3 is 0 Å². The summed E-state index contributed by atoms with van der Waals surface area (Å²) < 4.78 is 26.5. The number of hydrogen-bond acceptors (Lipinski definition) is 4. The first-order valence-corrected chi connectivity index (χ1v) is 6.84. The summed E-state index contributed by atoms with van der Waals surface area (Å²) in [5.74, 6) is 0. The Bertz CT molecular complexity index is 699. The Kier molecular flexibility index (Phi) is 3.55. The summed E-state index contributed by atoms with van der Waals surface area (Å²) >= 11 is 0. The zero-order valence-electron chi connectivity index (χ0n) is 9.50. The maximum absolute atomic E-state index is 12.1. The molecule has 0 aliphatic carbocycles. The third kappa shape index (κ3) is 2.47. The molecule has 1 aromatic carbocycles. The van der Waals surface area contributed by atoms with Crippen LogP contribution in [0.3, 0.4) is 0 Å². The number of hydrogen-bond donors (Lipinski definition) is 1. The normalized spacial score (nSPS) is 11.3. The van der Waals surface area contributed by atoms with Crippen LogP contribution in [-0.2, 0) is 10.0 Å². The predicted molar refractivity (Wildman–Crippen MR) is 67.2 cm³/mol. The van der Waals surface area contributed by atoms with Crippen molar-refractivity contribution in [3.8, 4) is 6.07 Å². The van der Waals surface area contributed by atoms with E-state index in [-0.39, 0.29) is 17.9 Å². The van der Waals surface area contributed by atoms with Gasteiger partial charge in [0.25, 0.3) is 0 Å². The highest BCUT2D eigenvalue weighted by Crippen LogP contribution is 2.20. The molecule has 0 aliphatic heterocycles. The molecule has 1 aromatic heterocycles. The number of nitriles is 1. The number of nitrogens with zero attached hydrogens (tertiary/aromatic N) is 2. The summed E-state index contributed by atoms with van der Waals surface area (Å²) in [4.78, 5) is 4.29. The van der Waals surface area contributed by atoms with Crippen molar-refractivity contribution in [2.45, 2.75) is 11.3 Å². The van der Waals surface area contributed by atoms with Gasteiger partial charge in [0, 0.05) is 24.5 Å². The largest absolute Gasteiger partial charge is 0.256 e. The topological polar surface area (TPSA) is 82.9 Å². The Balaban J connectivity index is 2.45. The lowest BCUT2D eigenvalue weighted by atomic mass is 10.2. The summed E-state index contributed by atoms with van der Waals surface area (Å²) in [7, 11) is -3.60. The molecule has 0 fully saturated rings. The molecule has 0 unspecified atom stereocenters. The molecular weight excluding hydrogens is 250 g/mol. The molecule has 2 rings (SSSR count). The zero-order chi connectivity index (χ0) is 13.0. The van der Waals surface area contributed by atoms with E-state index in [4.69, 9.17) is 5.26 Å². The summed E-state index contributed by atoms with van der Waals surface area (Å²) in [5, 5.41) is 8.98. The monoisotopic (exact) mass is 261 g/mol. The molecule has 0 atom stereocenters. The second-order valence-electron chi connectivity index (χ2n) is 3.63. The summed E-state index contributed by atoms with van der Waals surface area (Å²) in [5.41, 5.74) is 0.626. The predicted octanol–water partition coefficient (Wildman–Crippen LogP) is 1.43. The average molecular weight is 261 g/mol. The summed E-state index contributed by atoms with van der Waals surface area (Å²) in [6.45, 7) is 0.107. The van der Waals surface area contributed by atoms with Crippen LogP contribution in [0.1, 0.15) is 6.42 Å². The van der Waals surface area contributed by atoms with Crippen molar-refractivity contribution >= 4 is 20.9 Å². The van der Waals surface area contributed by atoms with Crippen LogP contribution in [0.2, 0.25) is 0 Å². The molecule has 0 spiro atoms. The second-order valence-corrected chi connectivity index (χ2v) is 5.37. The lowest BCUT2D eigenvalue weighted by Crippen LogP contribution is -2.24. The smallest absolute Gasteiger partial charge is 0.241 e. The van der Waals surface area contributed by atoms with Gasteiger partial charge >= 0.3 is 0 Å². The highest BCUT2D eigenvalue weighted by atomic mass is 32.2. The van der Waals surface area contributed by atoms with E-state index in [1.807, 2.05) is 6.07 Å². The molecule has 0 amide bonds. The van der Waals surface area contributed by atoms with Crippen LogP contribution in [0.5, 0.6) is 0 Å². The van der Waals surface area contributed by atoms with Crippen LogP contribution >= 0.6 is 0 Å². The standard InChI is InChI=1S/C12H11N3O2S/c13-7-3-9-15-18(16,17)12-6-1-5-11-10(12)4-2-8-14-11/h1-2,4-6,8,15H,3,9H2. The summed E-state index contributed by atoms with van der Waals surface area (Å²) in [6.07, 6.45) is 1.75. The van der Waals surface area contributed by atoms with Crippen LogP contribution in [0, 0.1) is 11.3 Å². The third-order valence-electron chi connectivity index (χ3n) is 2.42. The number of rotatable bonds is 4. The fraction of sp³-hybridized carbons (Fsp3) is 0.167. The lowest BCUT2D eigenvalue weighted by molar-refractivity contribution is 0.583. The van der Waals surface area contributed by atoms with Gasteiger partial charge in [-0.1, -0.05) is 6.07 Å². The number of fused-ring (bicyclic) bond motifs is 1. The minimum Gasteiger partial charge on any atom is -0.256 e. The molecule has 18 heavy (non-hydrogen) atoms. The fourth-order valence-corrected chi connectivity index (χ4v) is 2.87. The van der Waals surface area contributed by atoms with Crippen molar-refractivity contribution in [2.75, 3.05) is 6.54 Å². The molecule has 5 nitrogen and oxygen atoms in total. The third-order valence-corrected chi connectivity index (χ3v) is 3.94. The van der Waals surface area contributed by atoms with Crippen molar-refractivity contribution in [3.63, 3.8) is 0 Å². The number of aromatic nitrogens is 1. The Morgan fingerprint density at radius 1 is 1.28 bits per heavy atom. The van der Waals surface area contributed by atoms with Crippen LogP contribution in [-0.4, -0.2) is 19.9 Å². The van der Waals surface area contributed by atoms with Gasteiger partial charge in [-0.3, -0.25) is 4.98 Å². The molecule has 0 bridgehead atoms. The van der Waals surface area contributed by atoms with Gasteiger partial charge in [-0.15, -0.1) is 0 Å². The van der Waals surface area contributed by atoms with Gasteiger partial charge in [0.2, 0.25) is 10.0 Å². The van der Waals surface area contributed by atoms with Gasteiger partial charge in [-0.05, 0) is 24.3 Å². The van der Waals surface area contributed by atoms with E-state index in [0.29, 0.717) is 10.9 Å². The van der Waals surface area contributed by atoms with E-state index >= 15 is 0 Å². The van der Waals surface area contributed by atoms with Crippen molar-refractivity contribution in [3.05, 3.63) is 36.5 Å². The molecular formula is C12H11N3O2S. The van der Waals surface area contributed by atoms with Gasteiger partial charge in [0.1, 0.15) is 0 Å². The van der Waals surface area contributed by atoms with E-state index in [2.05, 4.69) is 9.71 Å². The molecule has 0 saturated carbocycles. The Hall–Kier alpha value is -1.97. The molecule has 1 N–H and O–H groups in total. The minimum atomic E-state index is -3.60. The first kappa shape index (κ1) is 12.5. The van der Waals surface area contributed by atoms with Crippen LogP contribution in [0.4, 0.5) is 0 Å². The van der Waals surface area contributed by atoms with Crippen LogP contribution in [0.15, 0.2) is 41.4 Å². The SMILES string of the molecule is N#CCCNS(=O)(=O)c1cccc2ncccc12. The van der Waals surface area contributed by atoms with Gasteiger partial charge in [0.05, 0.1) is 16.5 Å². The zero-order valence-corrected chi connectivity index (χ0v) is 10.3. The van der Waals surface area contributed by atoms with E-state index in [9.17, 15) is 8.42 Å². The highest BCUT2D eigenvalue weighted by molar-refractivity contribution is 7.89. The van der Waals surface area contributed by atoms with Crippen molar-refractivity contribution in [1.29, 1.82) is 5.26 Å². The molecule has 2 aromatic rings. The van der Waals surface area contributed by atoms with Crippen molar-refractivity contribution < 1.29 is 8.42 Å². The van der Waals surface area contributed by atoms with Gasteiger partial charge in [-0.2, -0.15) is 5.26 Å². The highest BCUT2D eigenvalue weighted by Gasteiger charge is 2.16. The average Bonchev–Trinajstić information content (AvgIpc) is 2.38. The van der Waals surface area contributed by atoms with Crippen LogP contribution < -0.4 is 4.72 Å². The van der Waals surface area contributed by atoms with E-state index < -0.39 is 10.0 Å². The Labute approximate surface area is 105 Å². The molecule has 0 radical (unpaired) electrons. The molecule has 92 valence electrons. The van der Waals surface area contributed by atoms with Gasteiger partial charge in [-0.25, -0.2) is 13.1 Å². The van der Waals surface area contributed by atoms with E-state index in [0.717, 1.165) is 0 Å². The van der Waals surface area contributed by atoms with E-state index in [1.165, 1.54) is 6.07 Å². The lowest BCUT2D eigenvalue weighted by Gasteiger charge is -2.07. The minimum absolute atomic E-state index is 0.107. The van der Waals surface area contributed by atoms with E-state index in [1.54, 1.807) is 30.5 Å². The second kappa shape index (κ2) is 5.12. The first-order chi connectivity index (χ1) is 8.65. The number of pyridine rings is 1. The number of nitrogens with one attached hydrogen (secondary N) is 1. The molecule has 1 heterocycles. The molecule has 6 heteroatoms. The summed E-state index contributed by atoms with van der Waals surface area (Å²) in [6, 6.07) is 10.2. The van der Waals surface area contributed by atoms with Gasteiger partial charge in [0.15, 0.2) is 0 Å². The fourth-order valence-electron chi connectivity index (χ4n) is 1.63. The molecule has 0 saturated heterocycles.